The Hall–Kier alpha value is -3.91. The van der Waals surface area contributed by atoms with Gasteiger partial charge in [0, 0.05) is 16.9 Å². The number of anilines is 3. The van der Waals surface area contributed by atoms with Crippen LogP contribution in [0.15, 0.2) is 72.8 Å². The minimum atomic E-state index is -1.00. The van der Waals surface area contributed by atoms with Crippen molar-refractivity contribution >= 4 is 46.3 Å². The Kier molecular flexibility index (Phi) is 6.61. The molecule has 0 saturated carbocycles. The summed E-state index contributed by atoms with van der Waals surface area (Å²) < 4.78 is 5.34. The molecule has 3 rings (SSSR count). The van der Waals surface area contributed by atoms with Crippen molar-refractivity contribution in [3.05, 3.63) is 83.9 Å². The summed E-state index contributed by atoms with van der Waals surface area (Å²) in [7, 11) is 1.52. The molecule has 152 valence electrons. The summed E-state index contributed by atoms with van der Waals surface area (Å²) in [4.78, 5) is 23.5. The molecule has 0 aliphatic heterocycles. The quantitative estimate of drug-likeness (QED) is 0.436. The van der Waals surface area contributed by atoms with Crippen LogP contribution in [0, 0.1) is 0 Å². The van der Waals surface area contributed by atoms with Crippen LogP contribution in [-0.4, -0.2) is 29.2 Å². The van der Waals surface area contributed by atoms with E-state index in [-0.39, 0.29) is 16.6 Å². The number of amides is 1. The lowest BCUT2D eigenvalue weighted by Gasteiger charge is -2.15. The van der Waals surface area contributed by atoms with E-state index in [0.29, 0.717) is 28.4 Å². The van der Waals surface area contributed by atoms with Crippen molar-refractivity contribution in [2.75, 3.05) is 23.1 Å². The molecule has 0 fully saturated rings. The van der Waals surface area contributed by atoms with Gasteiger partial charge < -0.3 is 25.8 Å². The van der Waals surface area contributed by atoms with E-state index in [9.17, 15) is 9.59 Å². The number of methoxy groups -OCH3 is 1. The maximum absolute atomic E-state index is 12.6. The van der Waals surface area contributed by atoms with E-state index in [1.54, 1.807) is 42.5 Å². The molecule has 0 spiro atoms. The first-order chi connectivity index (χ1) is 14.5. The second-order valence-corrected chi connectivity index (χ2v) is 6.61. The number of hydrogen-bond acceptors (Lipinski definition) is 4. The van der Waals surface area contributed by atoms with Crippen molar-refractivity contribution in [2.45, 2.75) is 0 Å². The Bertz CT molecular complexity index is 1070. The predicted octanol–water partition coefficient (Wildman–Crippen LogP) is 4.45. The van der Waals surface area contributed by atoms with Crippen molar-refractivity contribution in [1.29, 1.82) is 0 Å². The first-order valence-corrected chi connectivity index (χ1v) is 9.33. The van der Waals surface area contributed by atoms with Gasteiger partial charge in [0.2, 0.25) is 0 Å². The number of carboxylic acid groups (broad SMARTS) is 1. The number of carbonyl (C=O) groups excluding carboxylic acids is 1. The van der Waals surface area contributed by atoms with Gasteiger partial charge in [0.1, 0.15) is 5.75 Å². The van der Waals surface area contributed by atoms with Crippen molar-refractivity contribution in [3.63, 3.8) is 0 Å². The van der Waals surface area contributed by atoms with Crippen molar-refractivity contribution in [3.8, 4) is 5.75 Å². The van der Waals surface area contributed by atoms with Gasteiger partial charge in [-0.05, 0) is 66.8 Å². The van der Waals surface area contributed by atoms with Crippen LogP contribution in [0.2, 0.25) is 0 Å². The maximum Gasteiger partial charge on any atom is 0.335 e. The Morgan fingerprint density at radius 1 is 0.833 bits per heavy atom. The van der Waals surface area contributed by atoms with Crippen molar-refractivity contribution in [2.24, 2.45) is 0 Å². The number of carbonyl (C=O) groups is 2. The van der Waals surface area contributed by atoms with E-state index in [1.165, 1.54) is 19.2 Å². The first-order valence-electron chi connectivity index (χ1n) is 8.92. The molecule has 0 saturated heterocycles. The number of ether oxygens (including phenoxy) is 1. The molecule has 7 nitrogen and oxygen atoms in total. The minimum absolute atomic E-state index is 0.179. The normalized spacial score (nSPS) is 10.0. The summed E-state index contributed by atoms with van der Waals surface area (Å²) in [6.07, 6.45) is 0. The van der Waals surface area contributed by atoms with Crippen LogP contribution in [0.1, 0.15) is 20.7 Å². The molecule has 0 unspecified atom stereocenters. The van der Waals surface area contributed by atoms with Gasteiger partial charge in [-0.15, -0.1) is 0 Å². The highest BCUT2D eigenvalue weighted by Gasteiger charge is 2.12. The van der Waals surface area contributed by atoms with Crippen LogP contribution in [0.5, 0.6) is 5.75 Å². The number of para-hydroxylation sites is 1. The third-order valence-electron chi connectivity index (χ3n) is 4.13. The molecule has 0 aliphatic carbocycles. The Balaban J connectivity index is 1.72. The van der Waals surface area contributed by atoms with Gasteiger partial charge in [0.05, 0.1) is 18.4 Å². The number of rotatable bonds is 6. The van der Waals surface area contributed by atoms with Gasteiger partial charge in [-0.2, -0.15) is 0 Å². The number of thiocarbonyl (C=S) groups is 1. The van der Waals surface area contributed by atoms with Crippen LogP contribution in [0.3, 0.4) is 0 Å². The third kappa shape index (κ3) is 5.33. The van der Waals surface area contributed by atoms with E-state index in [4.69, 9.17) is 22.1 Å². The topological polar surface area (TPSA) is 99.7 Å². The molecule has 3 aromatic rings. The van der Waals surface area contributed by atoms with Crippen molar-refractivity contribution in [1.82, 2.24) is 0 Å². The van der Waals surface area contributed by atoms with E-state index in [0.717, 1.165) is 0 Å². The minimum Gasteiger partial charge on any atom is -0.495 e. The summed E-state index contributed by atoms with van der Waals surface area (Å²) >= 11 is 5.33. The van der Waals surface area contributed by atoms with Gasteiger partial charge >= 0.3 is 5.97 Å². The fraction of sp³-hybridized carbons (Fsp3) is 0.0455. The van der Waals surface area contributed by atoms with E-state index in [1.807, 2.05) is 18.2 Å². The number of benzene rings is 3. The highest BCUT2D eigenvalue weighted by molar-refractivity contribution is 7.80. The number of aromatic carboxylic acids is 1. The zero-order valence-corrected chi connectivity index (χ0v) is 16.8. The van der Waals surface area contributed by atoms with Gasteiger partial charge in [0.15, 0.2) is 5.11 Å². The van der Waals surface area contributed by atoms with Gasteiger partial charge in [-0.3, -0.25) is 4.79 Å². The van der Waals surface area contributed by atoms with Gasteiger partial charge in [-0.25, -0.2) is 4.79 Å². The maximum atomic E-state index is 12.6. The van der Waals surface area contributed by atoms with Crippen LogP contribution < -0.4 is 20.7 Å². The summed E-state index contributed by atoms with van der Waals surface area (Å²) in [6.45, 7) is 0. The Labute approximate surface area is 178 Å². The second-order valence-electron chi connectivity index (χ2n) is 6.20. The molecule has 0 bridgehead atoms. The molecule has 8 heteroatoms. The fourth-order valence-corrected chi connectivity index (χ4v) is 2.88. The highest BCUT2D eigenvalue weighted by atomic mass is 32.1. The van der Waals surface area contributed by atoms with Crippen molar-refractivity contribution < 1.29 is 19.4 Å². The molecule has 0 aliphatic rings. The summed E-state index contributed by atoms with van der Waals surface area (Å²) in [5, 5.41) is 18.0. The summed E-state index contributed by atoms with van der Waals surface area (Å²) in [6, 6.07) is 20.3. The molecule has 0 aromatic heterocycles. The second kappa shape index (κ2) is 9.53. The smallest absolute Gasteiger partial charge is 0.335 e. The average molecular weight is 421 g/mol. The molecular weight excluding hydrogens is 402 g/mol. The molecule has 30 heavy (non-hydrogen) atoms. The van der Waals surface area contributed by atoms with Crippen LogP contribution in [0.25, 0.3) is 0 Å². The van der Waals surface area contributed by atoms with Gasteiger partial charge in [0.25, 0.3) is 5.91 Å². The SMILES string of the molecule is COc1ccc(C(=O)Nc2ccccc2)cc1NC(=S)Nc1ccc(C(=O)O)cc1. The lowest BCUT2D eigenvalue weighted by Crippen LogP contribution is -2.20. The molecule has 3 aromatic carbocycles. The highest BCUT2D eigenvalue weighted by Crippen LogP contribution is 2.26. The van der Waals surface area contributed by atoms with Crippen LogP contribution in [-0.2, 0) is 0 Å². The number of carboxylic acids is 1. The molecule has 0 heterocycles. The Morgan fingerprint density at radius 2 is 1.47 bits per heavy atom. The first kappa shape index (κ1) is 20.8. The molecule has 0 atom stereocenters. The number of hydrogen-bond donors (Lipinski definition) is 4. The van der Waals surface area contributed by atoms with Crippen LogP contribution in [0.4, 0.5) is 17.1 Å². The zero-order valence-electron chi connectivity index (χ0n) is 16.0. The van der Waals surface area contributed by atoms with Gasteiger partial charge in [-0.1, -0.05) is 18.2 Å². The predicted molar refractivity (Wildman–Crippen MR) is 121 cm³/mol. The molecule has 0 radical (unpaired) electrons. The monoisotopic (exact) mass is 421 g/mol. The van der Waals surface area contributed by atoms with Crippen LogP contribution >= 0.6 is 12.2 Å². The standard InChI is InChI=1S/C22H19N3O4S/c1-29-19-12-9-15(20(26)23-16-5-3-2-4-6-16)13-18(19)25-22(30)24-17-10-7-14(8-11-17)21(27)28/h2-13H,1H3,(H,23,26)(H,27,28)(H2,24,25,30). The third-order valence-corrected chi connectivity index (χ3v) is 4.34. The zero-order chi connectivity index (χ0) is 21.5. The summed E-state index contributed by atoms with van der Waals surface area (Å²) in [5.41, 5.74) is 2.43. The fourth-order valence-electron chi connectivity index (χ4n) is 2.65. The molecule has 4 N–H and O–H groups in total. The Morgan fingerprint density at radius 3 is 2.10 bits per heavy atom. The van der Waals surface area contributed by atoms with E-state index < -0.39 is 5.97 Å². The average Bonchev–Trinajstić information content (AvgIpc) is 2.74. The van der Waals surface area contributed by atoms with E-state index >= 15 is 0 Å². The largest absolute Gasteiger partial charge is 0.495 e. The molecular formula is C22H19N3O4S. The lowest BCUT2D eigenvalue weighted by molar-refractivity contribution is 0.0696. The molecule has 1 amide bonds. The van der Waals surface area contributed by atoms with E-state index in [2.05, 4.69) is 16.0 Å². The number of nitrogens with one attached hydrogen (secondary N) is 3. The lowest BCUT2D eigenvalue weighted by atomic mass is 10.1. The summed E-state index contributed by atoms with van der Waals surface area (Å²) in [5.74, 6) is -0.760.